The summed E-state index contributed by atoms with van der Waals surface area (Å²) in [5.41, 5.74) is 1.29. The molecule has 0 atom stereocenters. The van der Waals surface area contributed by atoms with Crippen molar-refractivity contribution < 1.29 is 0 Å². The topological polar surface area (TPSA) is 6.48 Å². The lowest BCUT2D eigenvalue weighted by molar-refractivity contribution is 0.410. The van der Waals surface area contributed by atoms with Gasteiger partial charge in [0.1, 0.15) is 8.64 Å². The van der Waals surface area contributed by atoms with Crippen molar-refractivity contribution in [1.29, 1.82) is 0 Å². The van der Waals surface area contributed by atoms with E-state index in [-0.39, 0.29) is 4.58 Å². The van der Waals surface area contributed by atoms with Crippen LogP contribution in [-0.4, -0.2) is 44.6 Å². The van der Waals surface area contributed by atoms with Gasteiger partial charge in [0.2, 0.25) is 0 Å². The van der Waals surface area contributed by atoms with E-state index in [0.717, 1.165) is 34.8 Å². The molecule has 31 heavy (non-hydrogen) atoms. The van der Waals surface area contributed by atoms with E-state index in [1.807, 2.05) is 0 Å². The van der Waals surface area contributed by atoms with Crippen LogP contribution < -0.4 is 0 Å². The molecule has 0 aliphatic carbocycles. The average Bonchev–Trinajstić information content (AvgIpc) is 2.79. The van der Waals surface area contributed by atoms with Crippen LogP contribution in [0.2, 0.25) is 0 Å². The van der Waals surface area contributed by atoms with Crippen molar-refractivity contribution in [2.24, 2.45) is 0 Å². The summed E-state index contributed by atoms with van der Waals surface area (Å²) in [4.78, 5) is 4.83. The van der Waals surface area contributed by atoms with Crippen molar-refractivity contribution in [1.82, 2.24) is 9.80 Å². The van der Waals surface area contributed by atoms with Crippen molar-refractivity contribution in [3.63, 3.8) is 0 Å². The Labute approximate surface area is 211 Å². The predicted molar refractivity (Wildman–Crippen MR) is 152 cm³/mol. The molecule has 0 bridgehead atoms. The van der Waals surface area contributed by atoms with Crippen LogP contribution in [0, 0.1) is 0 Å². The van der Waals surface area contributed by atoms with Crippen molar-refractivity contribution in [3.8, 4) is 0 Å². The van der Waals surface area contributed by atoms with Crippen LogP contribution in [0.5, 0.6) is 0 Å². The number of rotatable bonds is 15. The zero-order chi connectivity index (χ0) is 22.9. The molecule has 0 aromatic heterocycles. The first kappa shape index (κ1) is 28.7. The molecule has 0 unspecified atom stereocenters. The Morgan fingerprint density at radius 2 is 1.03 bits per heavy atom. The summed E-state index contributed by atoms with van der Waals surface area (Å²) in [6, 6.07) is 10.7. The lowest BCUT2D eigenvalue weighted by Gasteiger charge is -2.30. The van der Waals surface area contributed by atoms with E-state index in [2.05, 4.69) is 67.8 Å². The van der Waals surface area contributed by atoms with Crippen molar-refractivity contribution >= 4 is 56.6 Å². The average molecular weight is 499 g/mol. The number of thiocarbonyl (C=S) groups is 2. The highest BCUT2D eigenvalue weighted by atomic mass is 32.2. The molecule has 2 nitrogen and oxygen atoms in total. The number of nitrogens with zero attached hydrogens (tertiary/aromatic N) is 2. The van der Waals surface area contributed by atoms with Crippen LogP contribution in [0.4, 0.5) is 0 Å². The van der Waals surface area contributed by atoms with Gasteiger partial charge >= 0.3 is 0 Å². The largest absolute Gasteiger partial charge is 0.357 e. The molecule has 0 aliphatic rings. The van der Waals surface area contributed by atoms with E-state index in [9.17, 15) is 0 Å². The first-order valence-corrected chi connectivity index (χ1v) is 14.6. The van der Waals surface area contributed by atoms with Gasteiger partial charge < -0.3 is 9.80 Å². The van der Waals surface area contributed by atoms with E-state index in [0.29, 0.717) is 0 Å². The standard InChI is InChI=1S/C25H42N2S4/c1-5-9-18-26(19-10-6-2)24(28)30-23(22-16-14-13-15-17-22)31-25(29)27(20-11-7-3)21-12-8-4/h13-17,23H,5-12,18-21H2,1-4H3. The summed E-state index contributed by atoms with van der Waals surface area (Å²) in [7, 11) is 0. The third-order valence-electron chi connectivity index (χ3n) is 5.13. The fourth-order valence-corrected chi connectivity index (χ4v) is 6.75. The quantitative estimate of drug-likeness (QED) is 0.175. The highest BCUT2D eigenvalue weighted by Gasteiger charge is 2.22. The maximum absolute atomic E-state index is 5.96. The Morgan fingerprint density at radius 1 is 0.677 bits per heavy atom. The Balaban J connectivity index is 2.95. The summed E-state index contributed by atoms with van der Waals surface area (Å²) in [6.45, 7) is 13.2. The SMILES string of the molecule is CCCCN(CCCC)C(=S)SC(SC(=S)N(CCCC)CCCC)c1ccccc1. The second kappa shape index (κ2) is 18.2. The second-order valence-electron chi connectivity index (χ2n) is 7.90. The van der Waals surface area contributed by atoms with Gasteiger partial charge in [-0.15, -0.1) is 0 Å². The molecule has 176 valence electrons. The second-order valence-corrected chi connectivity index (χ2v) is 11.7. The Kier molecular flexibility index (Phi) is 16.8. The molecule has 1 rings (SSSR count). The maximum Gasteiger partial charge on any atom is 0.137 e. The first-order chi connectivity index (χ1) is 15.1. The van der Waals surface area contributed by atoms with Crippen molar-refractivity contribution in [2.45, 2.75) is 83.6 Å². The smallest absolute Gasteiger partial charge is 0.137 e. The Bertz CT molecular complexity index is 559. The summed E-state index contributed by atoms with van der Waals surface area (Å²) >= 11 is 15.5. The molecule has 0 fully saturated rings. The fraction of sp³-hybridized carbons (Fsp3) is 0.680. The summed E-state index contributed by atoms with van der Waals surface area (Å²) in [5.74, 6) is 0. The number of benzene rings is 1. The van der Waals surface area contributed by atoms with Gasteiger partial charge in [-0.25, -0.2) is 0 Å². The predicted octanol–water partition coefficient (Wildman–Crippen LogP) is 8.53. The van der Waals surface area contributed by atoms with Gasteiger partial charge in [-0.05, 0) is 31.2 Å². The highest BCUT2D eigenvalue weighted by Crippen LogP contribution is 2.42. The zero-order valence-corrected chi connectivity index (χ0v) is 23.2. The van der Waals surface area contributed by atoms with Gasteiger partial charge in [-0.1, -0.05) is 132 Å². The van der Waals surface area contributed by atoms with Crippen molar-refractivity contribution in [3.05, 3.63) is 35.9 Å². The number of hydrogen-bond acceptors (Lipinski definition) is 4. The molecule has 0 heterocycles. The first-order valence-electron chi connectivity index (χ1n) is 12.0. The Morgan fingerprint density at radius 3 is 1.35 bits per heavy atom. The molecule has 1 aromatic rings. The maximum atomic E-state index is 5.96. The summed E-state index contributed by atoms with van der Waals surface area (Å²) < 4.78 is 2.22. The number of thioether (sulfide) groups is 2. The van der Waals surface area contributed by atoms with Gasteiger partial charge in [0.05, 0.1) is 4.58 Å². The molecule has 0 saturated carbocycles. The lowest BCUT2D eigenvalue weighted by atomic mass is 10.2. The van der Waals surface area contributed by atoms with Crippen LogP contribution in [0.3, 0.4) is 0 Å². The highest BCUT2D eigenvalue weighted by molar-refractivity contribution is 8.35. The molecule has 0 radical (unpaired) electrons. The minimum absolute atomic E-state index is 0.192. The molecule has 0 aliphatic heterocycles. The third-order valence-corrected chi connectivity index (χ3v) is 8.69. The van der Waals surface area contributed by atoms with Crippen LogP contribution in [-0.2, 0) is 0 Å². The normalized spacial score (nSPS) is 11.0. The minimum Gasteiger partial charge on any atom is -0.357 e. The molecular formula is C25H42N2S4. The summed E-state index contributed by atoms with van der Waals surface area (Å²) in [6.07, 6.45) is 9.53. The third kappa shape index (κ3) is 11.9. The lowest BCUT2D eigenvalue weighted by Crippen LogP contribution is -2.31. The number of unbranched alkanes of at least 4 members (excludes halogenated alkanes) is 4. The summed E-state index contributed by atoms with van der Waals surface area (Å²) in [5, 5.41) is 0. The van der Waals surface area contributed by atoms with Crippen molar-refractivity contribution in [2.75, 3.05) is 26.2 Å². The molecule has 0 saturated heterocycles. The minimum atomic E-state index is 0.192. The van der Waals surface area contributed by atoms with E-state index < -0.39 is 0 Å². The van der Waals surface area contributed by atoms with Gasteiger partial charge in [0.25, 0.3) is 0 Å². The Hall–Kier alpha value is -0.300. The molecule has 6 heteroatoms. The molecular weight excluding hydrogens is 457 g/mol. The van der Waals surface area contributed by atoms with Crippen LogP contribution in [0.25, 0.3) is 0 Å². The molecule has 0 amide bonds. The van der Waals surface area contributed by atoms with Crippen LogP contribution in [0.1, 0.15) is 89.2 Å². The van der Waals surface area contributed by atoms with E-state index >= 15 is 0 Å². The molecule has 1 aromatic carbocycles. The van der Waals surface area contributed by atoms with Crippen LogP contribution in [0.15, 0.2) is 30.3 Å². The van der Waals surface area contributed by atoms with E-state index in [1.54, 1.807) is 23.5 Å². The monoisotopic (exact) mass is 498 g/mol. The van der Waals surface area contributed by atoms with Crippen LogP contribution >= 0.6 is 48.0 Å². The zero-order valence-electron chi connectivity index (χ0n) is 20.0. The van der Waals surface area contributed by atoms with Gasteiger partial charge in [-0.2, -0.15) is 0 Å². The molecule has 0 spiro atoms. The van der Waals surface area contributed by atoms with Gasteiger partial charge in [-0.3, -0.25) is 0 Å². The van der Waals surface area contributed by atoms with Gasteiger partial charge in [0, 0.05) is 26.2 Å². The fourth-order valence-electron chi connectivity index (χ4n) is 3.09. The van der Waals surface area contributed by atoms with E-state index in [4.69, 9.17) is 24.4 Å². The van der Waals surface area contributed by atoms with E-state index in [1.165, 1.54) is 56.9 Å². The molecule has 0 N–H and O–H groups in total. The van der Waals surface area contributed by atoms with Gasteiger partial charge in [0.15, 0.2) is 0 Å². The number of hydrogen-bond donors (Lipinski definition) is 0.